The van der Waals surface area contributed by atoms with Crippen LogP contribution in [0.3, 0.4) is 0 Å². The average molecular weight is 347 g/mol. The quantitative estimate of drug-likeness (QED) is 0.908. The number of ether oxygens (including phenoxy) is 1. The van der Waals surface area contributed by atoms with Gasteiger partial charge in [-0.1, -0.05) is 11.6 Å². The highest BCUT2D eigenvalue weighted by Crippen LogP contribution is 2.32. The predicted molar refractivity (Wildman–Crippen MR) is 70.4 cm³/mol. The Morgan fingerprint density at radius 1 is 1.37 bits per heavy atom. The normalized spacial score (nSPS) is 10.3. The number of carboxylic acid groups (broad SMARTS) is 1. The number of aromatic nitrogens is 1. The highest BCUT2D eigenvalue weighted by molar-refractivity contribution is 9.10. The molecule has 1 N–H and O–H groups in total. The van der Waals surface area contributed by atoms with Gasteiger partial charge in [0.2, 0.25) is 0 Å². The van der Waals surface area contributed by atoms with Gasteiger partial charge in [0.1, 0.15) is 11.6 Å². The van der Waals surface area contributed by atoms with E-state index in [1.807, 2.05) is 0 Å². The topological polar surface area (TPSA) is 59.4 Å². The van der Waals surface area contributed by atoms with E-state index in [2.05, 4.69) is 20.9 Å². The van der Waals surface area contributed by atoms with Crippen LogP contribution >= 0.6 is 27.5 Å². The van der Waals surface area contributed by atoms with Gasteiger partial charge in [-0.2, -0.15) is 0 Å². The Morgan fingerprint density at radius 2 is 2.11 bits per heavy atom. The molecule has 1 heterocycles. The van der Waals surface area contributed by atoms with E-state index < -0.39 is 11.8 Å². The molecule has 4 nitrogen and oxygen atoms in total. The number of benzene rings is 1. The van der Waals surface area contributed by atoms with Crippen LogP contribution < -0.4 is 4.74 Å². The first-order chi connectivity index (χ1) is 8.97. The van der Waals surface area contributed by atoms with Crippen LogP contribution in [0.2, 0.25) is 5.02 Å². The van der Waals surface area contributed by atoms with Gasteiger partial charge in [0.05, 0.1) is 5.02 Å². The third-order valence-electron chi connectivity index (χ3n) is 2.14. The maximum absolute atomic E-state index is 12.9. The van der Waals surface area contributed by atoms with Crippen molar-refractivity contribution in [3.05, 3.63) is 51.5 Å². The summed E-state index contributed by atoms with van der Waals surface area (Å²) in [6.45, 7) is 0. The number of halogens is 3. The van der Waals surface area contributed by atoms with Crippen LogP contribution in [0.25, 0.3) is 0 Å². The molecule has 0 saturated carbocycles. The summed E-state index contributed by atoms with van der Waals surface area (Å²) in [5, 5.41) is 9.04. The number of rotatable bonds is 3. The molecule has 0 bridgehead atoms. The van der Waals surface area contributed by atoms with Crippen molar-refractivity contribution < 1.29 is 19.0 Å². The molecule has 0 amide bonds. The average Bonchev–Trinajstić information content (AvgIpc) is 2.32. The van der Waals surface area contributed by atoms with E-state index in [1.165, 1.54) is 18.3 Å². The van der Waals surface area contributed by atoms with Crippen molar-refractivity contribution in [2.45, 2.75) is 0 Å². The van der Waals surface area contributed by atoms with Gasteiger partial charge in [-0.25, -0.2) is 14.2 Å². The van der Waals surface area contributed by atoms with Crippen LogP contribution in [0.15, 0.2) is 34.9 Å². The number of carbonyl (C=O) groups is 1. The second-order valence-corrected chi connectivity index (χ2v) is 4.81. The summed E-state index contributed by atoms with van der Waals surface area (Å²) in [7, 11) is 0. The Bertz CT molecular complexity index is 651. The number of nitrogens with zero attached hydrogens (tertiary/aromatic N) is 1. The summed E-state index contributed by atoms with van der Waals surface area (Å²) in [6.07, 6.45) is 1.34. The highest BCUT2D eigenvalue weighted by Gasteiger charge is 2.15. The molecule has 19 heavy (non-hydrogen) atoms. The lowest BCUT2D eigenvalue weighted by atomic mass is 10.3. The van der Waals surface area contributed by atoms with Crippen molar-refractivity contribution in [1.82, 2.24) is 4.98 Å². The van der Waals surface area contributed by atoms with Crippen molar-refractivity contribution in [3.63, 3.8) is 0 Å². The second kappa shape index (κ2) is 5.54. The first-order valence-corrected chi connectivity index (χ1v) is 6.16. The maximum atomic E-state index is 12.9. The Labute approximate surface area is 120 Å². The van der Waals surface area contributed by atoms with Crippen LogP contribution in [-0.2, 0) is 0 Å². The van der Waals surface area contributed by atoms with E-state index >= 15 is 0 Å². The molecule has 0 aliphatic carbocycles. The number of pyridine rings is 1. The lowest BCUT2D eigenvalue weighted by Crippen LogP contribution is -2.03. The zero-order valence-corrected chi connectivity index (χ0v) is 11.6. The minimum absolute atomic E-state index is 0.00961. The van der Waals surface area contributed by atoms with Crippen molar-refractivity contribution in [2.24, 2.45) is 0 Å². The molecule has 1 aromatic heterocycles. The summed E-state index contributed by atoms with van der Waals surface area (Å²) >= 11 is 8.97. The summed E-state index contributed by atoms with van der Waals surface area (Å²) in [6, 6.07) is 4.98. The molecule has 0 aliphatic rings. The molecule has 98 valence electrons. The molecular formula is C12H6BrClFNO3. The maximum Gasteiger partial charge on any atom is 0.358 e. The SMILES string of the molecule is O=C(O)c1ncc(Br)cc1Oc1ccc(F)cc1Cl. The van der Waals surface area contributed by atoms with Crippen LogP contribution in [-0.4, -0.2) is 16.1 Å². The molecular weight excluding hydrogens is 340 g/mol. The fraction of sp³-hybridized carbons (Fsp3) is 0. The number of carboxylic acids is 1. The second-order valence-electron chi connectivity index (χ2n) is 3.48. The molecule has 2 rings (SSSR count). The largest absolute Gasteiger partial charge is 0.476 e. The summed E-state index contributed by atoms with van der Waals surface area (Å²) in [5.41, 5.74) is -0.261. The minimum Gasteiger partial charge on any atom is -0.476 e. The van der Waals surface area contributed by atoms with Crippen LogP contribution in [0, 0.1) is 5.82 Å². The van der Waals surface area contributed by atoms with Crippen molar-refractivity contribution in [1.29, 1.82) is 0 Å². The van der Waals surface area contributed by atoms with Gasteiger partial charge in [0.25, 0.3) is 0 Å². The molecule has 0 radical (unpaired) electrons. The number of aromatic carboxylic acids is 1. The first kappa shape index (κ1) is 13.8. The Hall–Kier alpha value is -1.66. The molecule has 0 spiro atoms. The van der Waals surface area contributed by atoms with Crippen LogP contribution in [0.4, 0.5) is 4.39 Å². The lowest BCUT2D eigenvalue weighted by Gasteiger charge is -2.09. The lowest BCUT2D eigenvalue weighted by molar-refractivity contribution is 0.0687. The number of hydrogen-bond acceptors (Lipinski definition) is 3. The molecule has 7 heteroatoms. The van der Waals surface area contributed by atoms with Crippen LogP contribution in [0.5, 0.6) is 11.5 Å². The van der Waals surface area contributed by atoms with Crippen LogP contribution in [0.1, 0.15) is 10.5 Å². The van der Waals surface area contributed by atoms with Gasteiger partial charge < -0.3 is 9.84 Å². The van der Waals surface area contributed by atoms with E-state index in [0.717, 1.165) is 12.1 Å². The third-order valence-corrected chi connectivity index (χ3v) is 2.86. The Kier molecular flexibility index (Phi) is 4.01. The molecule has 0 aliphatic heterocycles. The van der Waals surface area contributed by atoms with Gasteiger partial charge in [0.15, 0.2) is 11.4 Å². The molecule has 0 unspecified atom stereocenters. The monoisotopic (exact) mass is 345 g/mol. The molecule has 0 fully saturated rings. The molecule has 1 aromatic carbocycles. The smallest absolute Gasteiger partial charge is 0.358 e. The van der Waals surface area contributed by atoms with Gasteiger partial charge >= 0.3 is 5.97 Å². The first-order valence-electron chi connectivity index (χ1n) is 4.99. The van der Waals surface area contributed by atoms with Gasteiger partial charge in [-0.3, -0.25) is 0 Å². The van der Waals surface area contributed by atoms with Crippen molar-refractivity contribution >= 4 is 33.5 Å². The Balaban J connectivity index is 2.42. The fourth-order valence-corrected chi connectivity index (χ4v) is 1.85. The van der Waals surface area contributed by atoms with Crippen molar-refractivity contribution in [3.8, 4) is 11.5 Å². The van der Waals surface area contributed by atoms with E-state index in [1.54, 1.807) is 0 Å². The Morgan fingerprint density at radius 3 is 2.74 bits per heavy atom. The summed E-state index contributed by atoms with van der Waals surface area (Å²) in [5.74, 6) is -1.59. The summed E-state index contributed by atoms with van der Waals surface area (Å²) < 4.78 is 18.8. The molecule has 0 atom stereocenters. The van der Waals surface area contributed by atoms with Gasteiger partial charge in [-0.05, 0) is 40.2 Å². The predicted octanol–water partition coefficient (Wildman–Crippen LogP) is 4.13. The minimum atomic E-state index is -1.24. The highest BCUT2D eigenvalue weighted by atomic mass is 79.9. The van der Waals surface area contributed by atoms with Gasteiger partial charge in [0, 0.05) is 10.7 Å². The van der Waals surface area contributed by atoms with E-state index in [9.17, 15) is 9.18 Å². The van der Waals surface area contributed by atoms with E-state index in [-0.39, 0.29) is 22.2 Å². The molecule has 0 saturated heterocycles. The summed E-state index contributed by atoms with van der Waals surface area (Å²) in [4.78, 5) is 14.7. The fourth-order valence-electron chi connectivity index (χ4n) is 1.34. The standard InChI is InChI=1S/C12H6BrClFNO3/c13-6-3-10(11(12(17)18)16-5-6)19-9-2-1-7(15)4-8(9)14/h1-5H,(H,17,18). The van der Waals surface area contributed by atoms with E-state index in [4.69, 9.17) is 21.4 Å². The molecule has 2 aromatic rings. The third kappa shape index (κ3) is 3.21. The zero-order valence-electron chi connectivity index (χ0n) is 9.23. The van der Waals surface area contributed by atoms with Gasteiger partial charge in [-0.15, -0.1) is 0 Å². The van der Waals surface area contributed by atoms with Crippen molar-refractivity contribution in [2.75, 3.05) is 0 Å². The zero-order chi connectivity index (χ0) is 14.0. The number of hydrogen-bond donors (Lipinski definition) is 1. The van der Waals surface area contributed by atoms with E-state index in [0.29, 0.717) is 4.47 Å².